The van der Waals surface area contributed by atoms with Gasteiger partial charge in [0, 0.05) is 18.8 Å². The van der Waals surface area contributed by atoms with Crippen LogP contribution < -0.4 is 10.6 Å². The highest BCUT2D eigenvalue weighted by atomic mass is 16.5. The maximum atomic E-state index is 12.0. The third-order valence-corrected chi connectivity index (χ3v) is 3.09. The third kappa shape index (κ3) is 4.02. The predicted octanol–water partition coefficient (Wildman–Crippen LogP) is 0.884. The number of hydrogen-bond donors (Lipinski definition) is 3. The molecule has 0 bridgehead atoms. The van der Waals surface area contributed by atoms with Gasteiger partial charge in [-0.15, -0.1) is 0 Å². The van der Waals surface area contributed by atoms with Crippen molar-refractivity contribution in [1.29, 1.82) is 0 Å². The Morgan fingerprint density at radius 1 is 1.58 bits per heavy atom. The molecule has 1 aliphatic heterocycles. The molecule has 1 heterocycles. The number of ether oxygens (including phenoxy) is 1. The monoisotopic (exact) mass is 264 g/mol. The fourth-order valence-corrected chi connectivity index (χ4v) is 2.10. The zero-order chi connectivity index (χ0) is 13.7. The Bertz CT molecular complexity index is 436. The van der Waals surface area contributed by atoms with Crippen LogP contribution in [-0.4, -0.2) is 36.3 Å². The lowest BCUT2D eigenvalue weighted by Crippen LogP contribution is -2.35. The van der Waals surface area contributed by atoms with Crippen molar-refractivity contribution in [3.63, 3.8) is 0 Å². The molecule has 1 aliphatic rings. The number of aliphatic hydroxyl groups is 1. The van der Waals surface area contributed by atoms with E-state index in [0.717, 1.165) is 11.3 Å². The zero-order valence-corrected chi connectivity index (χ0v) is 11.1. The number of carbonyl (C=O) groups excluding carboxylic acids is 1. The highest BCUT2D eigenvalue weighted by Crippen LogP contribution is 2.14. The zero-order valence-electron chi connectivity index (χ0n) is 11.1. The van der Waals surface area contributed by atoms with E-state index in [0.29, 0.717) is 26.2 Å². The number of carbonyl (C=O) groups is 1. The molecule has 1 aromatic rings. The fraction of sp³-hybridized carbons (Fsp3) is 0.500. The number of aliphatic hydroxyl groups excluding tert-OH is 1. The number of anilines is 1. The van der Waals surface area contributed by atoms with Gasteiger partial charge in [-0.25, -0.2) is 0 Å². The minimum absolute atomic E-state index is 0.106. The van der Waals surface area contributed by atoms with E-state index in [9.17, 15) is 9.90 Å². The summed E-state index contributed by atoms with van der Waals surface area (Å²) in [6.45, 7) is 3.63. The molecule has 1 fully saturated rings. The summed E-state index contributed by atoms with van der Waals surface area (Å²) in [6.07, 6.45) is 0.0322. The molecule has 1 amide bonds. The normalized spacial score (nSPS) is 22.4. The van der Waals surface area contributed by atoms with Gasteiger partial charge in [0.1, 0.15) is 0 Å². The number of benzene rings is 1. The van der Waals surface area contributed by atoms with Gasteiger partial charge in [-0.3, -0.25) is 4.79 Å². The Morgan fingerprint density at radius 3 is 3.11 bits per heavy atom. The second-order valence-electron chi connectivity index (χ2n) is 4.68. The van der Waals surface area contributed by atoms with Crippen molar-refractivity contribution in [2.75, 3.05) is 18.5 Å². The molecule has 0 aliphatic carbocycles. The average molecular weight is 264 g/mol. The van der Waals surface area contributed by atoms with Crippen LogP contribution in [0.1, 0.15) is 18.9 Å². The van der Waals surface area contributed by atoms with Crippen LogP contribution in [0.15, 0.2) is 24.3 Å². The molecular weight excluding hydrogens is 244 g/mol. The van der Waals surface area contributed by atoms with E-state index < -0.39 is 6.10 Å². The van der Waals surface area contributed by atoms with Gasteiger partial charge in [0.25, 0.3) is 0 Å². The van der Waals surface area contributed by atoms with Crippen LogP contribution in [0.2, 0.25) is 0 Å². The first-order valence-corrected chi connectivity index (χ1v) is 6.58. The largest absolute Gasteiger partial charge is 0.392 e. The van der Waals surface area contributed by atoms with Gasteiger partial charge < -0.3 is 20.5 Å². The number of β-amino-alcohol motifs (C(OH)–C–C–N with tert-alkyl or cyclic N) is 1. The van der Waals surface area contributed by atoms with E-state index in [1.54, 1.807) is 0 Å². The van der Waals surface area contributed by atoms with E-state index in [-0.39, 0.29) is 11.9 Å². The van der Waals surface area contributed by atoms with Gasteiger partial charge in [0.05, 0.1) is 18.8 Å². The maximum absolute atomic E-state index is 12.0. The summed E-state index contributed by atoms with van der Waals surface area (Å²) in [5.74, 6) is -0.106. The maximum Gasteiger partial charge on any atom is 0.241 e. The average Bonchev–Trinajstić information content (AvgIpc) is 2.83. The van der Waals surface area contributed by atoms with Gasteiger partial charge in [-0.2, -0.15) is 0 Å². The first-order valence-electron chi connectivity index (χ1n) is 6.58. The summed E-state index contributed by atoms with van der Waals surface area (Å²) in [5, 5.41) is 15.2. The minimum atomic E-state index is -0.431. The number of rotatable bonds is 5. The van der Waals surface area contributed by atoms with Crippen molar-refractivity contribution in [2.24, 2.45) is 0 Å². The van der Waals surface area contributed by atoms with Crippen LogP contribution in [0.3, 0.4) is 0 Å². The van der Waals surface area contributed by atoms with Crippen LogP contribution in [0, 0.1) is 0 Å². The van der Waals surface area contributed by atoms with Crippen LogP contribution in [0.5, 0.6) is 0 Å². The highest BCUT2D eigenvalue weighted by molar-refractivity contribution is 5.95. The molecule has 104 valence electrons. The van der Waals surface area contributed by atoms with Crippen molar-refractivity contribution in [1.82, 2.24) is 5.32 Å². The predicted molar refractivity (Wildman–Crippen MR) is 72.8 cm³/mol. The van der Waals surface area contributed by atoms with Crippen molar-refractivity contribution < 1.29 is 14.6 Å². The second-order valence-corrected chi connectivity index (χ2v) is 4.68. The van der Waals surface area contributed by atoms with Crippen molar-refractivity contribution in [2.45, 2.75) is 32.1 Å². The van der Waals surface area contributed by atoms with E-state index in [1.165, 1.54) is 0 Å². The molecule has 0 radical (unpaired) electrons. The van der Waals surface area contributed by atoms with Gasteiger partial charge in [-0.1, -0.05) is 12.1 Å². The van der Waals surface area contributed by atoms with Crippen molar-refractivity contribution in [3.8, 4) is 0 Å². The van der Waals surface area contributed by atoms with Crippen molar-refractivity contribution in [3.05, 3.63) is 29.8 Å². The molecular formula is C14H20N2O3. The Hall–Kier alpha value is -1.43. The first kappa shape index (κ1) is 14.0. The lowest BCUT2D eigenvalue weighted by atomic mass is 10.1. The molecule has 0 saturated carbocycles. The Morgan fingerprint density at radius 2 is 2.42 bits per heavy atom. The standard InChI is InChI=1S/C14H20N2O3/c1-2-19-9-10-4-3-5-11(6-10)16-14(18)13-7-12(17)8-15-13/h3-6,12-13,15,17H,2,7-9H2,1H3,(H,16,18). The van der Waals surface area contributed by atoms with E-state index >= 15 is 0 Å². The molecule has 3 N–H and O–H groups in total. The van der Waals surface area contributed by atoms with Gasteiger partial charge in [0.15, 0.2) is 0 Å². The molecule has 0 spiro atoms. The van der Waals surface area contributed by atoms with Gasteiger partial charge >= 0.3 is 0 Å². The van der Waals surface area contributed by atoms with E-state index in [2.05, 4.69) is 10.6 Å². The summed E-state index contributed by atoms with van der Waals surface area (Å²) < 4.78 is 5.34. The smallest absolute Gasteiger partial charge is 0.241 e. The molecule has 2 rings (SSSR count). The summed E-state index contributed by atoms with van der Waals surface area (Å²) in [6, 6.07) is 7.28. The van der Waals surface area contributed by atoms with E-state index in [1.807, 2.05) is 31.2 Å². The lowest BCUT2D eigenvalue weighted by molar-refractivity contribution is -0.117. The fourth-order valence-electron chi connectivity index (χ4n) is 2.10. The molecule has 2 atom stereocenters. The molecule has 5 nitrogen and oxygen atoms in total. The lowest BCUT2D eigenvalue weighted by Gasteiger charge is -2.12. The summed E-state index contributed by atoms with van der Waals surface area (Å²) >= 11 is 0. The summed E-state index contributed by atoms with van der Waals surface area (Å²) in [5.41, 5.74) is 1.78. The molecule has 1 saturated heterocycles. The van der Waals surface area contributed by atoms with Crippen molar-refractivity contribution >= 4 is 11.6 Å². The summed E-state index contributed by atoms with van der Waals surface area (Å²) in [7, 11) is 0. The molecule has 1 aromatic carbocycles. The van der Waals surface area contributed by atoms with Crippen LogP contribution in [-0.2, 0) is 16.1 Å². The molecule has 5 heteroatoms. The topological polar surface area (TPSA) is 70.6 Å². The number of nitrogens with one attached hydrogen (secondary N) is 2. The third-order valence-electron chi connectivity index (χ3n) is 3.09. The second kappa shape index (κ2) is 6.65. The molecule has 0 aromatic heterocycles. The Labute approximate surface area is 113 Å². The first-order chi connectivity index (χ1) is 9.19. The van der Waals surface area contributed by atoms with Crippen LogP contribution >= 0.6 is 0 Å². The van der Waals surface area contributed by atoms with Crippen LogP contribution in [0.25, 0.3) is 0 Å². The molecule has 19 heavy (non-hydrogen) atoms. The number of hydrogen-bond acceptors (Lipinski definition) is 4. The SMILES string of the molecule is CCOCc1cccc(NC(=O)C2CC(O)CN2)c1. The summed E-state index contributed by atoms with van der Waals surface area (Å²) in [4.78, 5) is 12.0. The Balaban J connectivity index is 1.93. The number of amides is 1. The van der Waals surface area contributed by atoms with E-state index in [4.69, 9.17) is 4.74 Å². The van der Waals surface area contributed by atoms with Gasteiger partial charge in [0.2, 0.25) is 5.91 Å². The highest BCUT2D eigenvalue weighted by Gasteiger charge is 2.27. The Kier molecular flexibility index (Phi) is 4.90. The van der Waals surface area contributed by atoms with Crippen LogP contribution in [0.4, 0.5) is 5.69 Å². The molecule has 2 unspecified atom stereocenters. The van der Waals surface area contributed by atoms with Gasteiger partial charge in [-0.05, 0) is 31.0 Å². The quantitative estimate of drug-likeness (QED) is 0.738. The minimum Gasteiger partial charge on any atom is -0.392 e.